The van der Waals surface area contributed by atoms with E-state index in [1.807, 2.05) is 6.26 Å². The first-order valence-electron chi connectivity index (χ1n) is 25.7. The van der Waals surface area contributed by atoms with E-state index >= 15 is 0 Å². The Labute approximate surface area is 427 Å². The van der Waals surface area contributed by atoms with Crippen molar-refractivity contribution in [2.45, 2.75) is 48.5 Å². The normalized spacial score (nSPS) is 12.5. The minimum Gasteiger partial charge on any atom is -0.464 e. The number of aryl methyl sites for hydroxylation is 7. The Bertz CT molecular complexity index is 4170. The number of hydrogen-bond acceptors (Lipinski definition) is 2. The summed E-state index contributed by atoms with van der Waals surface area (Å²) in [6.45, 7) is 15.5. The molecule has 2 aromatic heterocycles. The smallest absolute Gasteiger partial charge is 0.333 e. The second kappa shape index (κ2) is 16.2. The molecule has 73 heavy (non-hydrogen) atoms. The number of hydrogen-bond donors (Lipinski definition) is 0. The molecule has 12 aromatic rings. The van der Waals surface area contributed by atoms with Crippen molar-refractivity contribution in [1.82, 2.24) is 4.48 Å². The standard InChI is InChI=1S/C69H53BN2O/c1-40-30-45(6)65(46(7)31-40)54-36-57-56-35-49(63-41(2)16-14-17-42(63)3)25-27-60(56)72-68(57)58(37-54)66-67-62(39-51-28-29-73-69(51)66)71(61-38-50(24-26-59(61)70(67)72)64-43(4)18-15-19-44(64)5)55-33-52(47-20-10-8-11-21-47)32-53(34-55)48-22-12-9-13-23-48/h8-39H,1-7H3. The number of fused-ring (bicyclic) bond motifs is 9. The van der Waals surface area contributed by atoms with Crippen LogP contribution in [0.2, 0.25) is 0 Å². The lowest BCUT2D eigenvalue weighted by Gasteiger charge is -2.41. The molecule has 2 aliphatic rings. The van der Waals surface area contributed by atoms with E-state index in [4.69, 9.17) is 4.42 Å². The maximum absolute atomic E-state index is 6.78. The van der Waals surface area contributed by atoms with Gasteiger partial charge in [0.2, 0.25) is 0 Å². The Morgan fingerprint density at radius 3 is 1.60 bits per heavy atom. The third kappa shape index (κ3) is 6.53. The molecule has 0 fully saturated rings. The predicted molar refractivity (Wildman–Crippen MR) is 310 cm³/mol. The highest BCUT2D eigenvalue weighted by Crippen LogP contribution is 2.51. The van der Waals surface area contributed by atoms with Gasteiger partial charge >= 0.3 is 6.85 Å². The summed E-state index contributed by atoms with van der Waals surface area (Å²) >= 11 is 0. The molecule has 0 amide bonds. The van der Waals surface area contributed by atoms with Gasteiger partial charge in [-0.2, -0.15) is 0 Å². The summed E-state index contributed by atoms with van der Waals surface area (Å²) < 4.78 is 9.47. The van der Waals surface area contributed by atoms with Crippen LogP contribution < -0.4 is 15.8 Å². The molecule has 3 nitrogen and oxygen atoms in total. The zero-order chi connectivity index (χ0) is 49.4. The van der Waals surface area contributed by atoms with E-state index in [0.717, 1.165) is 22.3 Å². The summed E-state index contributed by atoms with van der Waals surface area (Å²) in [5.41, 5.74) is 32.8. The SMILES string of the molecule is Cc1cc(C)c(-c2cc3c4c(c2)c2cc(-c5c(C)cccc5C)ccc2n4B2c4ccc(-c5c(C)cccc5C)cc4N(c4cc(-c5ccccc5)cc(-c5ccccc5)c4)c4cc5ccoc5c-3c42)c(C)c1. The molecule has 4 heterocycles. The van der Waals surface area contributed by atoms with E-state index in [9.17, 15) is 0 Å². The van der Waals surface area contributed by atoms with Crippen molar-refractivity contribution in [2.24, 2.45) is 0 Å². The molecule has 14 rings (SSSR count). The quantitative estimate of drug-likeness (QED) is 0.155. The number of nitrogens with zero attached hydrogens (tertiary/aromatic N) is 2. The second-order valence-electron chi connectivity index (χ2n) is 20.9. The van der Waals surface area contributed by atoms with Gasteiger partial charge in [-0.05, 0) is 209 Å². The van der Waals surface area contributed by atoms with Gasteiger partial charge in [0.05, 0.1) is 6.26 Å². The first kappa shape index (κ1) is 43.2. The van der Waals surface area contributed by atoms with Crippen molar-refractivity contribution in [2.75, 3.05) is 4.90 Å². The summed E-state index contributed by atoms with van der Waals surface area (Å²) in [7, 11) is 0. The van der Waals surface area contributed by atoms with Crippen LogP contribution >= 0.6 is 0 Å². The van der Waals surface area contributed by atoms with Gasteiger partial charge < -0.3 is 13.8 Å². The van der Waals surface area contributed by atoms with E-state index in [-0.39, 0.29) is 6.85 Å². The summed E-state index contributed by atoms with van der Waals surface area (Å²) in [4.78, 5) is 2.58. The fourth-order valence-corrected chi connectivity index (χ4v) is 13.2. The molecule has 0 bridgehead atoms. The van der Waals surface area contributed by atoms with Crippen LogP contribution in [0.5, 0.6) is 0 Å². The van der Waals surface area contributed by atoms with Crippen LogP contribution in [0, 0.1) is 48.5 Å². The Balaban J connectivity index is 1.14. The number of benzene rings is 10. The van der Waals surface area contributed by atoms with Crippen LogP contribution in [0.1, 0.15) is 38.9 Å². The van der Waals surface area contributed by atoms with Crippen LogP contribution in [0.15, 0.2) is 199 Å². The van der Waals surface area contributed by atoms with Crippen LogP contribution in [0.3, 0.4) is 0 Å². The van der Waals surface area contributed by atoms with E-state index in [2.05, 4.69) is 246 Å². The van der Waals surface area contributed by atoms with Gasteiger partial charge in [-0.15, -0.1) is 0 Å². The van der Waals surface area contributed by atoms with Crippen LogP contribution in [0.4, 0.5) is 17.1 Å². The van der Waals surface area contributed by atoms with Gasteiger partial charge in [-0.1, -0.05) is 133 Å². The summed E-state index contributed by atoms with van der Waals surface area (Å²) in [5, 5.41) is 3.59. The number of aromatic nitrogens is 1. The number of rotatable bonds is 6. The minimum absolute atomic E-state index is 0.170. The molecule has 0 unspecified atom stereocenters. The Kier molecular flexibility index (Phi) is 9.60. The van der Waals surface area contributed by atoms with Crippen molar-refractivity contribution >= 4 is 67.6 Å². The van der Waals surface area contributed by atoms with E-state index in [1.54, 1.807) is 0 Å². The van der Waals surface area contributed by atoms with Crippen molar-refractivity contribution in [3.8, 4) is 66.8 Å². The molecule has 0 saturated carbocycles. The molecular weight excluding hydrogens is 884 g/mol. The van der Waals surface area contributed by atoms with Gasteiger partial charge in [0.15, 0.2) is 0 Å². The number of anilines is 3. The van der Waals surface area contributed by atoms with Gasteiger partial charge in [-0.25, -0.2) is 0 Å². The maximum atomic E-state index is 6.78. The molecule has 4 heteroatoms. The minimum atomic E-state index is -0.170. The molecular formula is C69H53BN2O. The van der Waals surface area contributed by atoms with Gasteiger partial charge in [0, 0.05) is 55.4 Å². The van der Waals surface area contributed by atoms with E-state index < -0.39 is 0 Å². The van der Waals surface area contributed by atoms with Gasteiger partial charge in [0.25, 0.3) is 0 Å². The first-order chi connectivity index (χ1) is 35.6. The molecule has 0 spiro atoms. The van der Waals surface area contributed by atoms with Gasteiger partial charge in [-0.3, -0.25) is 0 Å². The third-order valence-electron chi connectivity index (χ3n) is 16.2. The van der Waals surface area contributed by atoms with Crippen molar-refractivity contribution in [3.05, 3.63) is 233 Å². The molecule has 0 N–H and O–H groups in total. The Hall–Kier alpha value is -8.60. The predicted octanol–water partition coefficient (Wildman–Crippen LogP) is 17.5. The summed E-state index contributed by atoms with van der Waals surface area (Å²) in [6.07, 6.45) is 1.89. The van der Waals surface area contributed by atoms with Crippen molar-refractivity contribution in [1.29, 1.82) is 0 Å². The molecule has 2 aliphatic heterocycles. The van der Waals surface area contributed by atoms with Crippen LogP contribution in [-0.4, -0.2) is 11.3 Å². The van der Waals surface area contributed by atoms with E-state index in [0.29, 0.717) is 0 Å². The monoisotopic (exact) mass is 936 g/mol. The van der Waals surface area contributed by atoms with Crippen molar-refractivity contribution < 1.29 is 4.42 Å². The third-order valence-corrected chi connectivity index (χ3v) is 16.2. The van der Waals surface area contributed by atoms with Crippen LogP contribution in [0.25, 0.3) is 99.5 Å². The average molecular weight is 937 g/mol. The molecule has 0 radical (unpaired) electrons. The van der Waals surface area contributed by atoms with Gasteiger partial charge in [0.1, 0.15) is 5.58 Å². The average Bonchev–Trinajstić information content (AvgIpc) is 4.00. The lowest BCUT2D eigenvalue weighted by atomic mass is 9.45. The van der Waals surface area contributed by atoms with E-state index in [1.165, 1.54) is 144 Å². The molecule has 10 aromatic carbocycles. The van der Waals surface area contributed by atoms with Crippen molar-refractivity contribution in [3.63, 3.8) is 0 Å². The highest BCUT2D eigenvalue weighted by atomic mass is 16.3. The zero-order valence-corrected chi connectivity index (χ0v) is 42.4. The fourth-order valence-electron chi connectivity index (χ4n) is 13.2. The largest absolute Gasteiger partial charge is 0.464 e. The Morgan fingerprint density at radius 2 is 0.973 bits per heavy atom. The first-order valence-corrected chi connectivity index (χ1v) is 25.7. The Morgan fingerprint density at radius 1 is 0.397 bits per heavy atom. The molecule has 348 valence electrons. The number of furan rings is 1. The molecule has 0 atom stereocenters. The zero-order valence-electron chi connectivity index (χ0n) is 42.4. The lowest BCUT2D eigenvalue weighted by Crippen LogP contribution is -2.56. The topological polar surface area (TPSA) is 21.3 Å². The summed E-state index contributed by atoms with van der Waals surface area (Å²) in [5.74, 6) is 0. The second-order valence-corrected chi connectivity index (χ2v) is 20.9. The highest BCUT2D eigenvalue weighted by molar-refractivity contribution is 6.90. The summed E-state index contributed by atoms with van der Waals surface area (Å²) in [6, 6.07) is 70.9. The fraction of sp³-hybridized carbons (Fsp3) is 0.101. The molecule has 0 aliphatic carbocycles. The molecule has 0 saturated heterocycles. The van der Waals surface area contributed by atoms with Crippen LogP contribution in [-0.2, 0) is 0 Å². The maximum Gasteiger partial charge on any atom is 0.333 e. The highest BCUT2D eigenvalue weighted by Gasteiger charge is 2.44. The lowest BCUT2D eigenvalue weighted by molar-refractivity contribution is 0.617.